The summed E-state index contributed by atoms with van der Waals surface area (Å²) in [5.74, 6) is 0.399. The second-order valence-corrected chi connectivity index (χ2v) is 7.12. The number of carbonyl (C=O) groups excluding carboxylic acids is 1. The van der Waals surface area contributed by atoms with Crippen LogP contribution in [0, 0.1) is 0 Å². The number of para-hydroxylation sites is 2. The quantitative estimate of drug-likeness (QED) is 0.754. The highest BCUT2D eigenvalue weighted by atomic mass is 32.2. The van der Waals surface area contributed by atoms with Crippen molar-refractivity contribution < 1.29 is 17.9 Å². The van der Waals surface area contributed by atoms with Crippen LogP contribution in [0.3, 0.4) is 0 Å². The molecule has 0 N–H and O–H groups in total. The van der Waals surface area contributed by atoms with Gasteiger partial charge in [-0.25, -0.2) is 8.42 Å². The van der Waals surface area contributed by atoms with Gasteiger partial charge in [-0.15, -0.1) is 0 Å². The number of benzene rings is 1. The Morgan fingerprint density at radius 1 is 1.30 bits per heavy atom. The highest BCUT2D eigenvalue weighted by Crippen LogP contribution is 2.35. The molecule has 1 saturated heterocycles. The first-order chi connectivity index (χ1) is 9.38. The lowest BCUT2D eigenvalue weighted by Gasteiger charge is -2.28. The van der Waals surface area contributed by atoms with E-state index in [2.05, 4.69) is 0 Å². The molecule has 0 spiro atoms. The largest absolute Gasteiger partial charge is 0.487 e. The highest BCUT2D eigenvalue weighted by Gasteiger charge is 2.45. The number of rotatable bonds is 1. The highest BCUT2D eigenvalue weighted by molar-refractivity contribution is 7.88. The number of amides is 1. The van der Waals surface area contributed by atoms with Gasteiger partial charge in [0, 0.05) is 13.5 Å². The van der Waals surface area contributed by atoms with Gasteiger partial charge in [0.05, 0.1) is 18.5 Å². The van der Waals surface area contributed by atoms with Crippen LogP contribution >= 0.6 is 0 Å². The lowest BCUT2D eigenvalue weighted by molar-refractivity contribution is -0.121. The summed E-state index contributed by atoms with van der Waals surface area (Å²) < 4.78 is 30.8. The first-order valence-electron chi connectivity index (χ1n) is 6.38. The third kappa shape index (κ3) is 2.06. The van der Waals surface area contributed by atoms with Gasteiger partial charge in [-0.05, 0) is 12.1 Å². The summed E-state index contributed by atoms with van der Waals surface area (Å²) in [6.45, 7) is 0.220. The van der Waals surface area contributed by atoms with Crippen molar-refractivity contribution in [1.29, 1.82) is 0 Å². The van der Waals surface area contributed by atoms with Gasteiger partial charge in [0.25, 0.3) is 0 Å². The van der Waals surface area contributed by atoms with E-state index < -0.39 is 16.1 Å². The summed E-state index contributed by atoms with van der Waals surface area (Å²) in [6, 6.07) is 6.57. The van der Waals surface area contributed by atoms with Gasteiger partial charge >= 0.3 is 0 Å². The number of hydrogen-bond acceptors (Lipinski definition) is 4. The number of carbonyl (C=O) groups is 1. The Bertz CT molecular complexity index is 658. The van der Waals surface area contributed by atoms with E-state index in [0.29, 0.717) is 17.9 Å². The van der Waals surface area contributed by atoms with Crippen molar-refractivity contribution in [2.45, 2.75) is 18.6 Å². The molecule has 0 radical (unpaired) electrons. The number of hydrogen-bond donors (Lipinski definition) is 0. The van der Waals surface area contributed by atoms with Gasteiger partial charge in [-0.1, -0.05) is 12.1 Å². The molecule has 6 nitrogen and oxygen atoms in total. The first-order valence-corrected chi connectivity index (χ1v) is 8.23. The predicted molar refractivity (Wildman–Crippen MR) is 74.2 cm³/mol. The van der Waals surface area contributed by atoms with E-state index in [1.807, 2.05) is 12.1 Å². The normalized spacial score (nSPS) is 26.7. The molecule has 2 aliphatic heterocycles. The lowest BCUT2D eigenvalue weighted by Crippen LogP contribution is -2.46. The van der Waals surface area contributed by atoms with E-state index in [-0.39, 0.29) is 18.6 Å². The van der Waals surface area contributed by atoms with Crippen LogP contribution in [-0.2, 0) is 14.8 Å². The summed E-state index contributed by atoms with van der Waals surface area (Å²) in [5, 5.41) is 0. The molecular formula is C13H16N2O4S. The Kier molecular flexibility index (Phi) is 2.98. The molecule has 0 aromatic heterocycles. The molecule has 0 aliphatic carbocycles. The monoisotopic (exact) mass is 296 g/mol. The average Bonchev–Trinajstić information content (AvgIpc) is 2.81. The molecule has 0 saturated carbocycles. The van der Waals surface area contributed by atoms with E-state index >= 15 is 0 Å². The second-order valence-electron chi connectivity index (χ2n) is 5.19. The van der Waals surface area contributed by atoms with Crippen LogP contribution < -0.4 is 9.64 Å². The van der Waals surface area contributed by atoms with E-state index in [1.54, 1.807) is 19.2 Å². The number of likely N-dealkylation sites (N-methyl/N-ethyl adjacent to an activating group) is 1. The minimum Gasteiger partial charge on any atom is -0.487 e. The van der Waals surface area contributed by atoms with Crippen molar-refractivity contribution in [3.8, 4) is 5.75 Å². The summed E-state index contributed by atoms with van der Waals surface area (Å²) in [7, 11) is -1.78. The van der Waals surface area contributed by atoms with Crippen LogP contribution in [0.4, 0.5) is 5.69 Å². The third-order valence-electron chi connectivity index (χ3n) is 3.78. The Labute approximate surface area is 118 Å². The van der Waals surface area contributed by atoms with Crippen LogP contribution in [0.5, 0.6) is 5.75 Å². The van der Waals surface area contributed by atoms with Crippen molar-refractivity contribution in [3.05, 3.63) is 24.3 Å². The zero-order chi connectivity index (χ0) is 14.5. The molecule has 2 atom stereocenters. The maximum Gasteiger partial charge on any atom is 0.245 e. The van der Waals surface area contributed by atoms with Crippen molar-refractivity contribution in [1.82, 2.24) is 4.31 Å². The molecule has 1 amide bonds. The van der Waals surface area contributed by atoms with Gasteiger partial charge in [0.2, 0.25) is 15.9 Å². The number of ether oxygens (including phenoxy) is 1. The fourth-order valence-corrected chi connectivity index (χ4v) is 3.88. The Hall–Kier alpha value is -1.60. The van der Waals surface area contributed by atoms with Gasteiger partial charge in [-0.2, -0.15) is 4.31 Å². The van der Waals surface area contributed by atoms with Crippen LogP contribution in [-0.4, -0.2) is 50.6 Å². The molecule has 2 aliphatic rings. The van der Waals surface area contributed by atoms with Gasteiger partial charge in [-0.3, -0.25) is 4.79 Å². The summed E-state index contributed by atoms with van der Waals surface area (Å²) >= 11 is 0. The molecule has 108 valence electrons. The molecule has 2 unspecified atom stereocenters. The maximum absolute atomic E-state index is 12.5. The van der Waals surface area contributed by atoms with Gasteiger partial charge in [0.1, 0.15) is 17.9 Å². The topological polar surface area (TPSA) is 66.9 Å². The van der Waals surface area contributed by atoms with Crippen molar-refractivity contribution in [2.24, 2.45) is 0 Å². The Balaban J connectivity index is 2.06. The fourth-order valence-electron chi connectivity index (χ4n) is 2.80. The fraction of sp³-hybridized carbons (Fsp3) is 0.462. The number of nitrogens with zero attached hydrogens (tertiary/aromatic N) is 2. The van der Waals surface area contributed by atoms with Crippen molar-refractivity contribution >= 4 is 21.6 Å². The number of anilines is 1. The Morgan fingerprint density at radius 2 is 2.00 bits per heavy atom. The van der Waals surface area contributed by atoms with E-state index in [0.717, 1.165) is 6.26 Å². The smallest absolute Gasteiger partial charge is 0.245 e. The molecular weight excluding hydrogens is 280 g/mol. The van der Waals surface area contributed by atoms with E-state index in [4.69, 9.17) is 4.74 Å². The van der Waals surface area contributed by atoms with Gasteiger partial charge < -0.3 is 9.64 Å². The zero-order valence-electron chi connectivity index (χ0n) is 11.3. The maximum atomic E-state index is 12.5. The van der Waals surface area contributed by atoms with E-state index in [9.17, 15) is 13.2 Å². The van der Waals surface area contributed by atoms with Crippen molar-refractivity contribution in [3.63, 3.8) is 0 Å². The van der Waals surface area contributed by atoms with Crippen LogP contribution in [0.2, 0.25) is 0 Å². The molecule has 7 heteroatoms. The molecule has 1 aromatic rings. The Morgan fingerprint density at radius 3 is 2.70 bits per heavy atom. The van der Waals surface area contributed by atoms with Crippen LogP contribution in [0.15, 0.2) is 24.3 Å². The lowest BCUT2D eigenvalue weighted by atomic mass is 10.1. The predicted octanol–water partition coefficient (Wildman–Crippen LogP) is 0.444. The number of sulfonamides is 1. The molecule has 1 fully saturated rings. The number of fused-ring (bicyclic) bond motifs is 3. The summed E-state index contributed by atoms with van der Waals surface area (Å²) in [4.78, 5) is 14.0. The minimum atomic E-state index is -3.43. The second kappa shape index (κ2) is 4.46. The van der Waals surface area contributed by atoms with Crippen molar-refractivity contribution in [2.75, 3.05) is 24.7 Å². The molecule has 1 aromatic carbocycles. The standard InChI is InChI=1S/C13H16N2O4S/c1-14-10-5-3-4-6-12(10)19-9-7-11(13(14)16)15(8-9)20(2,17)18/h3-6,9,11H,7-8H2,1-2H3. The van der Waals surface area contributed by atoms with Crippen LogP contribution in [0.1, 0.15) is 6.42 Å². The summed E-state index contributed by atoms with van der Waals surface area (Å²) in [6.07, 6.45) is 1.24. The minimum absolute atomic E-state index is 0.214. The molecule has 2 bridgehead atoms. The SMILES string of the molecule is CN1C(=O)C2CC(CN2S(C)(=O)=O)Oc2ccccc21. The molecule has 2 heterocycles. The average molecular weight is 296 g/mol. The van der Waals surface area contributed by atoms with E-state index in [1.165, 1.54) is 9.21 Å². The third-order valence-corrected chi connectivity index (χ3v) is 5.03. The summed E-state index contributed by atoms with van der Waals surface area (Å²) in [5.41, 5.74) is 0.669. The first kappa shape index (κ1) is 13.4. The van der Waals surface area contributed by atoms with Crippen LogP contribution in [0.25, 0.3) is 0 Å². The zero-order valence-corrected chi connectivity index (χ0v) is 12.1. The molecule has 20 heavy (non-hydrogen) atoms. The van der Waals surface area contributed by atoms with Gasteiger partial charge in [0.15, 0.2) is 0 Å². The molecule has 3 rings (SSSR count).